The lowest BCUT2D eigenvalue weighted by molar-refractivity contribution is 0.321. The fourth-order valence-electron chi connectivity index (χ4n) is 2.80. The molecule has 2 N–H and O–H groups in total. The molecular weight excluding hydrogens is 186 g/mol. The van der Waals surface area contributed by atoms with Gasteiger partial charge in [0.25, 0.3) is 0 Å². The van der Waals surface area contributed by atoms with E-state index in [9.17, 15) is 0 Å². The van der Waals surface area contributed by atoms with Gasteiger partial charge in [-0.05, 0) is 44.1 Å². The summed E-state index contributed by atoms with van der Waals surface area (Å²) >= 11 is 0. The van der Waals surface area contributed by atoms with Crippen molar-refractivity contribution in [3.63, 3.8) is 0 Å². The van der Waals surface area contributed by atoms with Crippen molar-refractivity contribution in [3.05, 3.63) is 17.5 Å². The molecule has 0 saturated heterocycles. The van der Waals surface area contributed by atoms with Crippen molar-refractivity contribution < 1.29 is 0 Å². The van der Waals surface area contributed by atoms with Gasteiger partial charge in [-0.2, -0.15) is 5.10 Å². The van der Waals surface area contributed by atoms with Gasteiger partial charge < -0.3 is 5.73 Å². The number of aryl methyl sites for hydroxylation is 2. The normalized spacial score (nSPS) is 31.1. The van der Waals surface area contributed by atoms with E-state index in [0.29, 0.717) is 11.5 Å². The van der Waals surface area contributed by atoms with Crippen LogP contribution in [0.3, 0.4) is 0 Å². The standard InChI is InChI=1S/C12H21N3/c1-9-6-11(15(3)14-9)8-12(2)5-4-10(13)7-12/h6,10H,4-5,7-8,13H2,1-3H3. The summed E-state index contributed by atoms with van der Waals surface area (Å²) < 4.78 is 2.00. The molecule has 1 aliphatic carbocycles. The van der Waals surface area contributed by atoms with Crippen LogP contribution in [0.15, 0.2) is 6.07 Å². The number of hydrogen-bond acceptors (Lipinski definition) is 2. The molecule has 3 heteroatoms. The molecule has 0 spiro atoms. The zero-order valence-electron chi connectivity index (χ0n) is 9.95. The highest BCUT2D eigenvalue weighted by Gasteiger charge is 2.34. The highest BCUT2D eigenvalue weighted by atomic mass is 15.3. The molecule has 0 bridgehead atoms. The minimum absolute atomic E-state index is 0.389. The van der Waals surface area contributed by atoms with Crippen LogP contribution >= 0.6 is 0 Å². The van der Waals surface area contributed by atoms with Crippen molar-refractivity contribution in [2.75, 3.05) is 0 Å². The van der Waals surface area contributed by atoms with Gasteiger partial charge in [0.15, 0.2) is 0 Å². The first-order valence-electron chi connectivity index (χ1n) is 5.74. The quantitative estimate of drug-likeness (QED) is 0.803. The van der Waals surface area contributed by atoms with Crippen LogP contribution in [0, 0.1) is 12.3 Å². The van der Waals surface area contributed by atoms with E-state index in [-0.39, 0.29) is 0 Å². The van der Waals surface area contributed by atoms with Crippen LogP contribution in [0.2, 0.25) is 0 Å². The zero-order valence-corrected chi connectivity index (χ0v) is 9.95. The molecule has 3 nitrogen and oxygen atoms in total. The van der Waals surface area contributed by atoms with Crippen molar-refractivity contribution >= 4 is 0 Å². The molecule has 2 rings (SSSR count). The van der Waals surface area contributed by atoms with Crippen molar-refractivity contribution in [1.29, 1.82) is 0 Å². The maximum absolute atomic E-state index is 5.98. The van der Waals surface area contributed by atoms with Crippen molar-refractivity contribution in [1.82, 2.24) is 9.78 Å². The molecule has 1 saturated carbocycles. The molecular formula is C12H21N3. The summed E-state index contributed by atoms with van der Waals surface area (Å²) in [6.07, 6.45) is 4.68. The van der Waals surface area contributed by atoms with Crippen molar-refractivity contribution in [2.24, 2.45) is 18.2 Å². The number of hydrogen-bond donors (Lipinski definition) is 1. The van der Waals surface area contributed by atoms with Crippen molar-refractivity contribution in [2.45, 2.75) is 45.6 Å². The second kappa shape index (κ2) is 3.63. The molecule has 0 aromatic carbocycles. The van der Waals surface area contributed by atoms with E-state index < -0.39 is 0 Å². The Hall–Kier alpha value is -0.830. The average molecular weight is 207 g/mol. The molecule has 84 valence electrons. The van der Waals surface area contributed by atoms with E-state index in [0.717, 1.165) is 18.5 Å². The molecule has 0 radical (unpaired) electrons. The molecule has 0 aliphatic heterocycles. The summed E-state index contributed by atoms with van der Waals surface area (Å²) in [7, 11) is 2.03. The maximum Gasteiger partial charge on any atom is 0.0596 e. The monoisotopic (exact) mass is 207 g/mol. The summed E-state index contributed by atoms with van der Waals surface area (Å²) in [5, 5.41) is 4.39. The third-order valence-electron chi connectivity index (χ3n) is 3.58. The van der Waals surface area contributed by atoms with E-state index >= 15 is 0 Å². The Balaban J connectivity index is 2.11. The summed E-state index contributed by atoms with van der Waals surface area (Å²) in [5.41, 5.74) is 8.82. The molecule has 1 fully saturated rings. The van der Waals surface area contributed by atoms with Gasteiger partial charge >= 0.3 is 0 Å². The minimum Gasteiger partial charge on any atom is -0.328 e. The lowest BCUT2D eigenvalue weighted by Gasteiger charge is -2.23. The first-order chi connectivity index (χ1) is 6.98. The number of nitrogens with two attached hydrogens (primary N) is 1. The molecule has 2 atom stereocenters. The van der Waals surface area contributed by atoms with E-state index in [1.165, 1.54) is 18.5 Å². The van der Waals surface area contributed by atoms with Gasteiger partial charge in [-0.1, -0.05) is 6.92 Å². The van der Waals surface area contributed by atoms with E-state index in [4.69, 9.17) is 5.73 Å². The largest absolute Gasteiger partial charge is 0.328 e. The summed E-state index contributed by atoms with van der Waals surface area (Å²) in [4.78, 5) is 0. The van der Waals surface area contributed by atoms with Gasteiger partial charge in [0.05, 0.1) is 5.69 Å². The molecule has 1 aromatic rings. The zero-order chi connectivity index (χ0) is 11.1. The topological polar surface area (TPSA) is 43.8 Å². The highest BCUT2D eigenvalue weighted by molar-refractivity contribution is 5.11. The third kappa shape index (κ3) is 2.23. The first kappa shape index (κ1) is 10.7. The predicted molar refractivity (Wildman–Crippen MR) is 61.6 cm³/mol. The van der Waals surface area contributed by atoms with Gasteiger partial charge in [0, 0.05) is 18.8 Å². The fraction of sp³-hybridized carbons (Fsp3) is 0.750. The number of aromatic nitrogens is 2. The highest BCUT2D eigenvalue weighted by Crippen LogP contribution is 2.39. The summed E-state index contributed by atoms with van der Waals surface area (Å²) in [5.74, 6) is 0. The molecule has 15 heavy (non-hydrogen) atoms. The molecule has 0 amide bonds. The minimum atomic E-state index is 0.389. The fourth-order valence-corrected chi connectivity index (χ4v) is 2.80. The average Bonchev–Trinajstić information content (AvgIpc) is 2.58. The van der Waals surface area contributed by atoms with Crippen LogP contribution in [0.4, 0.5) is 0 Å². The molecule has 1 heterocycles. The van der Waals surface area contributed by atoms with E-state index in [1.54, 1.807) is 0 Å². The second-order valence-corrected chi connectivity index (χ2v) is 5.39. The van der Waals surface area contributed by atoms with E-state index in [1.807, 2.05) is 18.7 Å². The van der Waals surface area contributed by atoms with Crippen LogP contribution in [-0.2, 0) is 13.5 Å². The maximum atomic E-state index is 5.98. The Bertz CT molecular complexity index is 356. The van der Waals surface area contributed by atoms with Crippen molar-refractivity contribution in [3.8, 4) is 0 Å². The number of rotatable bonds is 2. The van der Waals surface area contributed by atoms with Crippen LogP contribution in [0.5, 0.6) is 0 Å². The Kier molecular flexibility index (Phi) is 2.59. The van der Waals surface area contributed by atoms with Crippen LogP contribution in [-0.4, -0.2) is 15.8 Å². The Morgan fingerprint density at radius 2 is 2.40 bits per heavy atom. The second-order valence-electron chi connectivity index (χ2n) is 5.39. The molecule has 1 aromatic heterocycles. The SMILES string of the molecule is Cc1cc(CC2(C)CCC(N)C2)n(C)n1. The van der Waals surface area contributed by atoms with E-state index in [2.05, 4.69) is 18.1 Å². The smallest absolute Gasteiger partial charge is 0.0596 e. The third-order valence-corrected chi connectivity index (χ3v) is 3.58. The summed E-state index contributed by atoms with van der Waals surface area (Å²) in [6, 6.07) is 2.60. The van der Waals surface area contributed by atoms with Crippen LogP contribution < -0.4 is 5.73 Å². The first-order valence-corrected chi connectivity index (χ1v) is 5.74. The Morgan fingerprint density at radius 3 is 2.87 bits per heavy atom. The molecule has 1 aliphatic rings. The van der Waals surface area contributed by atoms with Gasteiger partial charge in [-0.15, -0.1) is 0 Å². The Morgan fingerprint density at radius 1 is 1.67 bits per heavy atom. The lowest BCUT2D eigenvalue weighted by atomic mass is 9.83. The van der Waals surface area contributed by atoms with Gasteiger partial charge in [0.2, 0.25) is 0 Å². The Labute approximate surface area is 91.7 Å². The van der Waals surface area contributed by atoms with Gasteiger partial charge in [-0.25, -0.2) is 0 Å². The van der Waals surface area contributed by atoms with Crippen LogP contribution in [0.1, 0.15) is 37.6 Å². The predicted octanol–water partition coefficient (Wildman–Crippen LogP) is 1.79. The van der Waals surface area contributed by atoms with Gasteiger partial charge in [0.1, 0.15) is 0 Å². The van der Waals surface area contributed by atoms with Crippen LogP contribution in [0.25, 0.3) is 0 Å². The lowest BCUT2D eigenvalue weighted by Crippen LogP contribution is -2.22. The van der Waals surface area contributed by atoms with Gasteiger partial charge in [-0.3, -0.25) is 4.68 Å². The summed E-state index contributed by atoms with van der Waals surface area (Å²) in [6.45, 7) is 4.40. The number of nitrogens with zero attached hydrogens (tertiary/aromatic N) is 2. The molecule has 2 unspecified atom stereocenters.